The Bertz CT molecular complexity index is 450. The summed E-state index contributed by atoms with van der Waals surface area (Å²) in [4.78, 5) is 14.1. The van der Waals surface area contributed by atoms with E-state index >= 15 is 0 Å². The quantitative estimate of drug-likeness (QED) is 0.827. The molecule has 0 aromatic heterocycles. The van der Waals surface area contributed by atoms with E-state index in [-0.39, 0.29) is 5.91 Å². The zero-order valence-corrected chi connectivity index (χ0v) is 11.2. The maximum absolute atomic E-state index is 11.9. The highest BCUT2D eigenvalue weighted by molar-refractivity contribution is 6.34. The lowest BCUT2D eigenvalue weighted by atomic mass is 10.2. The summed E-state index contributed by atoms with van der Waals surface area (Å²) >= 11 is 6.01. The Morgan fingerprint density at radius 1 is 1.61 bits per heavy atom. The fourth-order valence-electron chi connectivity index (χ4n) is 2.23. The minimum Gasteiger partial charge on any atom is -0.399 e. The molecule has 1 heterocycles. The lowest BCUT2D eigenvalue weighted by Crippen LogP contribution is -2.35. The molecule has 1 fully saturated rings. The number of likely N-dealkylation sites (tertiary alicyclic amines) is 1. The van der Waals surface area contributed by atoms with Crippen LogP contribution in [0.25, 0.3) is 0 Å². The topological polar surface area (TPSA) is 58.4 Å². The van der Waals surface area contributed by atoms with Crippen molar-refractivity contribution in [1.82, 2.24) is 4.90 Å². The number of rotatable bonds is 3. The first-order chi connectivity index (χ1) is 8.56. The van der Waals surface area contributed by atoms with Crippen LogP contribution in [0.4, 0.5) is 11.4 Å². The molecule has 0 saturated carbocycles. The third-order valence-electron chi connectivity index (χ3n) is 3.30. The molecule has 1 aliphatic rings. The van der Waals surface area contributed by atoms with E-state index in [1.807, 2.05) is 0 Å². The van der Waals surface area contributed by atoms with Crippen LogP contribution >= 0.6 is 11.6 Å². The molecule has 0 bridgehead atoms. The summed E-state index contributed by atoms with van der Waals surface area (Å²) in [6, 6.07) is 5.57. The number of hydrogen-bond acceptors (Lipinski definition) is 3. The SMILES string of the molecule is CC1CCCN1CC(=O)Nc1ccc(N)cc1Cl. The van der Waals surface area contributed by atoms with Crippen LogP contribution in [-0.2, 0) is 4.79 Å². The molecule has 1 atom stereocenters. The van der Waals surface area contributed by atoms with Gasteiger partial charge in [0.05, 0.1) is 17.3 Å². The average Bonchev–Trinajstić information content (AvgIpc) is 2.69. The van der Waals surface area contributed by atoms with E-state index in [9.17, 15) is 4.79 Å². The van der Waals surface area contributed by atoms with Crippen LogP contribution in [-0.4, -0.2) is 29.9 Å². The van der Waals surface area contributed by atoms with Gasteiger partial charge in [-0.2, -0.15) is 0 Å². The summed E-state index contributed by atoms with van der Waals surface area (Å²) in [7, 11) is 0. The molecule has 98 valence electrons. The summed E-state index contributed by atoms with van der Waals surface area (Å²) in [5.74, 6) is -0.0320. The molecule has 1 saturated heterocycles. The van der Waals surface area contributed by atoms with Crippen molar-refractivity contribution in [3.05, 3.63) is 23.2 Å². The molecule has 1 unspecified atom stereocenters. The molecule has 2 rings (SSSR count). The van der Waals surface area contributed by atoms with E-state index in [0.717, 1.165) is 19.4 Å². The van der Waals surface area contributed by atoms with E-state index in [1.54, 1.807) is 18.2 Å². The first-order valence-corrected chi connectivity index (χ1v) is 6.53. The number of carbonyl (C=O) groups excluding carboxylic acids is 1. The van der Waals surface area contributed by atoms with Crippen molar-refractivity contribution in [3.8, 4) is 0 Å². The Hall–Kier alpha value is -1.26. The van der Waals surface area contributed by atoms with Gasteiger partial charge in [-0.15, -0.1) is 0 Å². The predicted molar refractivity (Wildman–Crippen MR) is 74.8 cm³/mol. The van der Waals surface area contributed by atoms with Gasteiger partial charge < -0.3 is 11.1 Å². The van der Waals surface area contributed by atoms with Gasteiger partial charge in [0.15, 0.2) is 0 Å². The molecular formula is C13H18ClN3O. The average molecular weight is 268 g/mol. The molecule has 18 heavy (non-hydrogen) atoms. The van der Waals surface area contributed by atoms with Crippen LogP contribution in [0.1, 0.15) is 19.8 Å². The van der Waals surface area contributed by atoms with Gasteiger partial charge in [0.2, 0.25) is 5.91 Å². The fraction of sp³-hybridized carbons (Fsp3) is 0.462. The minimum absolute atomic E-state index is 0.0320. The molecule has 0 aliphatic carbocycles. The van der Waals surface area contributed by atoms with Gasteiger partial charge in [-0.3, -0.25) is 9.69 Å². The second kappa shape index (κ2) is 5.59. The predicted octanol–water partition coefficient (Wildman–Crippen LogP) is 2.34. The second-order valence-electron chi connectivity index (χ2n) is 4.75. The maximum Gasteiger partial charge on any atom is 0.238 e. The molecule has 4 nitrogen and oxygen atoms in total. The Balaban J connectivity index is 1.94. The minimum atomic E-state index is -0.0320. The van der Waals surface area contributed by atoms with E-state index in [2.05, 4.69) is 17.1 Å². The molecule has 1 aliphatic heterocycles. The van der Waals surface area contributed by atoms with Gasteiger partial charge in [-0.1, -0.05) is 11.6 Å². The van der Waals surface area contributed by atoms with Crippen molar-refractivity contribution in [2.75, 3.05) is 24.1 Å². The molecule has 3 N–H and O–H groups in total. The highest BCUT2D eigenvalue weighted by atomic mass is 35.5. The molecule has 1 aromatic rings. The van der Waals surface area contributed by atoms with E-state index in [1.165, 1.54) is 0 Å². The number of nitrogens with one attached hydrogen (secondary N) is 1. The number of nitrogens with zero attached hydrogens (tertiary/aromatic N) is 1. The third-order valence-corrected chi connectivity index (χ3v) is 3.62. The summed E-state index contributed by atoms with van der Waals surface area (Å²) < 4.78 is 0. The van der Waals surface area contributed by atoms with E-state index in [4.69, 9.17) is 17.3 Å². The van der Waals surface area contributed by atoms with Gasteiger partial charge in [0.1, 0.15) is 0 Å². The number of hydrogen-bond donors (Lipinski definition) is 2. The number of benzene rings is 1. The normalized spacial score (nSPS) is 20.0. The molecular weight excluding hydrogens is 250 g/mol. The number of nitrogen functional groups attached to an aromatic ring is 1. The number of halogens is 1. The molecule has 5 heteroatoms. The Labute approximate surface area is 112 Å². The standard InChI is InChI=1S/C13H18ClN3O/c1-9-3-2-6-17(9)8-13(18)16-12-5-4-10(15)7-11(12)14/h4-5,7,9H,2-3,6,8,15H2,1H3,(H,16,18). The zero-order chi connectivity index (χ0) is 13.1. The summed E-state index contributed by atoms with van der Waals surface area (Å²) in [5, 5.41) is 3.29. The largest absolute Gasteiger partial charge is 0.399 e. The highest BCUT2D eigenvalue weighted by Gasteiger charge is 2.22. The van der Waals surface area contributed by atoms with Crippen LogP contribution in [0.3, 0.4) is 0 Å². The van der Waals surface area contributed by atoms with Crippen molar-refractivity contribution >= 4 is 28.9 Å². The van der Waals surface area contributed by atoms with Crippen LogP contribution in [0.5, 0.6) is 0 Å². The second-order valence-corrected chi connectivity index (χ2v) is 5.16. The van der Waals surface area contributed by atoms with Gasteiger partial charge in [-0.25, -0.2) is 0 Å². The lowest BCUT2D eigenvalue weighted by molar-refractivity contribution is -0.117. The van der Waals surface area contributed by atoms with E-state index in [0.29, 0.717) is 29.0 Å². The van der Waals surface area contributed by atoms with Gasteiger partial charge in [-0.05, 0) is 44.5 Å². The number of carbonyl (C=O) groups is 1. The van der Waals surface area contributed by atoms with Crippen molar-refractivity contribution < 1.29 is 4.79 Å². The van der Waals surface area contributed by atoms with Crippen molar-refractivity contribution in [2.24, 2.45) is 0 Å². The van der Waals surface area contributed by atoms with Crippen molar-refractivity contribution in [1.29, 1.82) is 0 Å². The van der Waals surface area contributed by atoms with Crippen LogP contribution in [0.15, 0.2) is 18.2 Å². The highest BCUT2D eigenvalue weighted by Crippen LogP contribution is 2.24. The van der Waals surface area contributed by atoms with Crippen LogP contribution in [0.2, 0.25) is 5.02 Å². The van der Waals surface area contributed by atoms with Crippen LogP contribution in [0, 0.1) is 0 Å². The summed E-state index contributed by atoms with van der Waals surface area (Å²) in [6.07, 6.45) is 2.33. The number of anilines is 2. The van der Waals surface area contributed by atoms with Gasteiger partial charge >= 0.3 is 0 Å². The summed E-state index contributed by atoms with van der Waals surface area (Å²) in [5.41, 5.74) is 6.81. The maximum atomic E-state index is 11.9. The van der Waals surface area contributed by atoms with Crippen molar-refractivity contribution in [3.63, 3.8) is 0 Å². The lowest BCUT2D eigenvalue weighted by Gasteiger charge is -2.20. The fourth-order valence-corrected chi connectivity index (χ4v) is 2.47. The Morgan fingerprint density at radius 2 is 2.39 bits per heavy atom. The molecule has 1 aromatic carbocycles. The smallest absolute Gasteiger partial charge is 0.238 e. The van der Waals surface area contributed by atoms with E-state index < -0.39 is 0 Å². The number of amides is 1. The molecule has 0 spiro atoms. The van der Waals surface area contributed by atoms with Gasteiger partial charge in [0, 0.05) is 11.7 Å². The third kappa shape index (κ3) is 3.15. The van der Waals surface area contributed by atoms with Crippen LogP contribution < -0.4 is 11.1 Å². The zero-order valence-electron chi connectivity index (χ0n) is 10.4. The summed E-state index contributed by atoms with van der Waals surface area (Å²) in [6.45, 7) is 3.56. The van der Waals surface area contributed by atoms with Crippen molar-refractivity contribution in [2.45, 2.75) is 25.8 Å². The molecule has 0 radical (unpaired) electrons. The van der Waals surface area contributed by atoms with Gasteiger partial charge in [0.25, 0.3) is 0 Å². The Kier molecular flexibility index (Phi) is 4.09. The monoisotopic (exact) mass is 267 g/mol. The molecule has 1 amide bonds. The first-order valence-electron chi connectivity index (χ1n) is 6.15. The Morgan fingerprint density at radius 3 is 3.00 bits per heavy atom. The first kappa shape index (κ1) is 13.2. The number of nitrogens with two attached hydrogens (primary N) is 1.